The summed E-state index contributed by atoms with van der Waals surface area (Å²) in [7, 11) is 0. The van der Waals surface area contributed by atoms with Crippen molar-refractivity contribution in [3.05, 3.63) is 59.7 Å². The maximum absolute atomic E-state index is 11.1. The van der Waals surface area contributed by atoms with Gasteiger partial charge in [-0.1, -0.05) is 42.0 Å². The molecule has 0 bridgehead atoms. The van der Waals surface area contributed by atoms with E-state index in [0.29, 0.717) is 12.2 Å². The average molecular weight is 270 g/mol. The highest BCUT2D eigenvalue weighted by Gasteiger charge is 2.13. The van der Waals surface area contributed by atoms with E-state index in [4.69, 9.17) is 10.8 Å². The highest BCUT2D eigenvalue weighted by molar-refractivity contribution is 5.77. The lowest BCUT2D eigenvalue weighted by Crippen LogP contribution is -2.29. The predicted molar refractivity (Wildman–Crippen MR) is 80.7 cm³/mol. The fourth-order valence-corrected chi connectivity index (χ4v) is 2.20. The Hall–Kier alpha value is -2.49. The van der Waals surface area contributed by atoms with Crippen molar-refractivity contribution >= 4 is 17.3 Å². The molecule has 3 N–H and O–H groups in total. The highest BCUT2D eigenvalue weighted by Crippen LogP contribution is 2.24. The Balaban J connectivity index is 2.29. The summed E-state index contributed by atoms with van der Waals surface area (Å²) in [5.41, 5.74) is 9.49. The Kier molecular flexibility index (Phi) is 4.25. The molecule has 0 aromatic heterocycles. The first-order valence-electron chi connectivity index (χ1n) is 6.43. The summed E-state index contributed by atoms with van der Waals surface area (Å²) < 4.78 is 0. The summed E-state index contributed by atoms with van der Waals surface area (Å²) in [5.74, 6) is -0.874. The van der Waals surface area contributed by atoms with Gasteiger partial charge in [-0.2, -0.15) is 0 Å². The van der Waals surface area contributed by atoms with Crippen molar-refractivity contribution in [2.45, 2.75) is 13.5 Å². The number of nitrogens with zero attached hydrogens (tertiary/aromatic N) is 1. The molecule has 2 aromatic rings. The minimum atomic E-state index is -0.874. The lowest BCUT2D eigenvalue weighted by Gasteiger charge is -2.24. The highest BCUT2D eigenvalue weighted by atomic mass is 16.4. The minimum absolute atomic E-state index is 0.0812. The molecule has 0 spiro atoms. The summed E-state index contributed by atoms with van der Waals surface area (Å²) in [6.07, 6.45) is 0. The predicted octanol–water partition coefficient (Wildman–Crippen LogP) is 2.67. The number of hydrogen-bond donors (Lipinski definition) is 2. The number of carboxylic acids is 1. The zero-order valence-corrected chi connectivity index (χ0v) is 11.4. The molecule has 4 nitrogen and oxygen atoms in total. The molecule has 0 heterocycles. The summed E-state index contributed by atoms with van der Waals surface area (Å²) in [5, 5.41) is 9.09. The van der Waals surface area contributed by atoms with Crippen molar-refractivity contribution in [3.8, 4) is 0 Å². The SMILES string of the molecule is Cc1cccc(CN(CC(=O)O)c2ccccc2N)c1. The molecule has 0 saturated carbocycles. The molecule has 0 unspecified atom stereocenters. The molecule has 2 rings (SSSR count). The van der Waals surface area contributed by atoms with Gasteiger partial charge in [0, 0.05) is 6.54 Å². The van der Waals surface area contributed by atoms with E-state index in [0.717, 1.165) is 16.8 Å². The van der Waals surface area contributed by atoms with Crippen LogP contribution in [0.3, 0.4) is 0 Å². The van der Waals surface area contributed by atoms with Crippen LogP contribution in [0.2, 0.25) is 0 Å². The van der Waals surface area contributed by atoms with Crippen LogP contribution in [0.5, 0.6) is 0 Å². The number of para-hydroxylation sites is 2. The van der Waals surface area contributed by atoms with Crippen molar-refractivity contribution in [3.63, 3.8) is 0 Å². The number of benzene rings is 2. The number of anilines is 2. The van der Waals surface area contributed by atoms with Crippen LogP contribution in [-0.4, -0.2) is 17.6 Å². The number of hydrogen-bond acceptors (Lipinski definition) is 3. The lowest BCUT2D eigenvalue weighted by molar-refractivity contribution is -0.135. The second-order valence-corrected chi connectivity index (χ2v) is 4.80. The molecule has 104 valence electrons. The topological polar surface area (TPSA) is 66.6 Å². The fraction of sp³-hybridized carbons (Fsp3) is 0.188. The molecular formula is C16H18N2O2. The van der Waals surface area contributed by atoms with Crippen molar-refractivity contribution in [1.29, 1.82) is 0 Å². The Labute approximate surface area is 118 Å². The first-order valence-corrected chi connectivity index (χ1v) is 6.43. The van der Waals surface area contributed by atoms with Crippen molar-refractivity contribution < 1.29 is 9.90 Å². The van der Waals surface area contributed by atoms with Gasteiger partial charge in [-0.3, -0.25) is 4.79 Å². The molecular weight excluding hydrogens is 252 g/mol. The maximum Gasteiger partial charge on any atom is 0.323 e. The number of aryl methyl sites for hydroxylation is 1. The average Bonchev–Trinajstić information content (AvgIpc) is 2.38. The van der Waals surface area contributed by atoms with Gasteiger partial charge in [0.05, 0.1) is 11.4 Å². The summed E-state index contributed by atoms with van der Waals surface area (Å²) in [4.78, 5) is 12.8. The largest absolute Gasteiger partial charge is 0.480 e. The molecule has 20 heavy (non-hydrogen) atoms. The van der Waals surface area contributed by atoms with Gasteiger partial charge in [0.2, 0.25) is 0 Å². The molecule has 0 aliphatic carbocycles. The molecule has 4 heteroatoms. The number of carboxylic acid groups (broad SMARTS) is 1. The number of aliphatic carboxylic acids is 1. The number of carbonyl (C=O) groups is 1. The molecule has 0 amide bonds. The third kappa shape index (κ3) is 3.51. The van der Waals surface area contributed by atoms with Gasteiger partial charge in [0.1, 0.15) is 6.54 Å². The summed E-state index contributed by atoms with van der Waals surface area (Å²) in [6, 6.07) is 15.3. The first kappa shape index (κ1) is 13.9. The number of rotatable bonds is 5. The van der Waals surface area contributed by atoms with E-state index in [-0.39, 0.29) is 6.54 Å². The van der Waals surface area contributed by atoms with E-state index in [1.165, 1.54) is 0 Å². The van der Waals surface area contributed by atoms with Crippen LogP contribution >= 0.6 is 0 Å². The van der Waals surface area contributed by atoms with E-state index in [1.807, 2.05) is 49.4 Å². The summed E-state index contributed by atoms with van der Waals surface area (Å²) >= 11 is 0. The minimum Gasteiger partial charge on any atom is -0.480 e. The first-order chi connectivity index (χ1) is 9.56. The number of nitrogen functional groups attached to an aromatic ring is 1. The zero-order valence-electron chi connectivity index (χ0n) is 11.4. The van der Waals surface area contributed by atoms with Gasteiger partial charge in [-0.15, -0.1) is 0 Å². The van der Waals surface area contributed by atoms with E-state index >= 15 is 0 Å². The lowest BCUT2D eigenvalue weighted by atomic mass is 10.1. The van der Waals surface area contributed by atoms with E-state index in [1.54, 1.807) is 11.0 Å². The van der Waals surface area contributed by atoms with E-state index < -0.39 is 5.97 Å². The van der Waals surface area contributed by atoms with Crippen LogP contribution in [0.4, 0.5) is 11.4 Å². The van der Waals surface area contributed by atoms with Crippen LogP contribution in [0.1, 0.15) is 11.1 Å². The van der Waals surface area contributed by atoms with Crippen LogP contribution in [0.25, 0.3) is 0 Å². The zero-order chi connectivity index (χ0) is 14.5. The van der Waals surface area contributed by atoms with Crippen LogP contribution in [-0.2, 0) is 11.3 Å². The Morgan fingerprint density at radius 2 is 1.95 bits per heavy atom. The second kappa shape index (κ2) is 6.10. The second-order valence-electron chi connectivity index (χ2n) is 4.80. The van der Waals surface area contributed by atoms with Gasteiger partial charge in [-0.25, -0.2) is 0 Å². The van der Waals surface area contributed by atoms with Gasteiger partial charge in [0.15, 0.2) is 0 Å². The van der Waals surface area contributed by atoms with Crippen molar-refractivity contribution in [2.75, 3.05) is 17.2 Å². The number of nitrogens with two attached hydrogens (primary N) is 1. The van der Waals surface area contributed by atoms with Gasteiger partial charge in [0.25, 0.3) is 0 Å². The fourth-order valence-electron chi connectivity index (χ4n) is 2.20. The normalized spacial score (nSPS) is 10.2. The Morgan fingerprint density at radius 1 is 1.20 bits per heavy atom. The quantitative estimate of drug-likeness (QED) is 0.820. The van der Waals surface area contributed by atoms with Crippen molar-refractivity contribution in [1.82, 2.24) is 0 Å². The van der Waals surface area contributed by atoms with E-state index in [9.17, 15) is 4.79 Å². The Morgan fingerprint density at radius 3 is 2.60 bits per heavy atom. The van der Waals surface area contributed by atoms with Gasteiger partial charge in [-0.05, 0) is 24.6 Å². The van der Waals surface area contributed by atoms with Crippen LogP contribution in [0.15, 0.2) is 48.5 Å². The molecule has 0 saturated heterocycles. The monoisotopic (exact) mass is 270 g/mol. The van der Waals surface area contributed by atoms with E-state index in [2.05, 4.69) is 0 Å². The van der Waals surface area contributed by atoms with Crippen LogP contribution < -0.4 is 10.6 Å². The smallest absolute Gasteiger partial charge is 0.323 e. The third-order valence-corrected chi connectivity index (χ3v) is 3.06. The van der Waals surface area contributed by atoms with Gasteiger partial charge >= 0.3 is 5.97 Å². The van der Waals surface area contributed by atoms with Gasteiger partial charge < -0.3 is 15.7 Å². The Bertz CT molecular complexity index is 611. The molecule has 0 fully saturated rings. The standard InChI is InChI=1S/C16H18N2O2/c1-12-5-4-6-13(9-12)10-18(11-16(19)20)15-8-3-2-7-14(15)17/h2-9H,10-11,17H2,1H3,(H,19,20). The molecule has 2 aromatic carbocycles. The molecule has 0 radical (unpaired) electrons. The third-order valence-electron chi connectivity index (χ3n) is 3.06. The molecule has 0 aliphatic rings. The summed E-state index contributed by atoms with van der Waals surface area (Å²) in [6.45, 7) is 2.45. The maximum atomic E-state index is 11.1. The molecule has 0 atom stereocenters. The molecule has 0 aliphatic heterocycles. The van der Waals surface area contributed by atoms with Crippen molar-refractivity contribution in [2.24, 2.45) is 0 Å². The van der Waals surface area contributed by atoms with Crippen LogP contribution in [0, 0.1) is 6.92 Å².